The molecule has 0 spiro atoms. The van der Waals surface area contributed by atoms with Crippen LogP contribution in [0.25, 0.3) is 16.5 Å². The number of halogens is 1. The van der Waals surface area contributed by atoms with E-state index in [-0.39, 0.29) is 12.5 Å². The highest BCUT2D eigenvalue weighted by Gasteiger charge is 2.19. The first-order chi connectivity index (χ1) is 10.2. The molecule has 0 radical (unpaired) electrons. The van der Waals surface area contributed by atoms with E-state index in [9.17, 15) is 4.79 Å². The average molecular weight is 305 g/mol. The van der Waals surface area contributed by atoms with E-state index in [4.69, 9.17) is 16.3 Å². The summed E-state index contributed by atoms with van der Waals surface area (Å²) in [6, 6.07) is 5.90. The number of amides is 1. The van der Waals surface area contributed by atoms with Crippen LogP contribution in [0.1, 0.15) is 12.0 Å². The second-order valence-corrected chi connectivity index (χ2v) is 5.52. The molecule has 2 aromatic rings. The van der Waals surface area contributed by atoms with Gasteiger partial charge in [-0.25, -0.2) is 0 Å². The van der Waals surface area contributed by atoms with Crippen molar-refractivity contribution in [1.29, 1.82) is 0 Å². The van der Waals surface area contributed by atoms with E-state index in [0.29, 0.717) is 6.54 Å². The fourth-order valence-corrected chi connectivity index (χ4v) is 2.97. The monoisotopic (exact) mass is 304 g/mol. The van der Waals surface area contributed by atoms with Gasteiger partial charge in [0.25, 0.3) is 0 Å². The van der Waals surface area contributed by atoms with Crippen molar-refractivity contribution >= 4 is 34.0 Å². The molecule has 1 aromatic heterocycles. The zero-order valence-corrected chi connectivity index (χ0v) is 12.6. The molecular weight excluding hydrogens is 288 g/mol. The smallest absolute Gasteiger partial charge is 0.248 e. The summed E-state index contributed by atoms with van der Waals surface area (Å²) in [6.07, 6.45) is 4.95. The van der Waals surface area contributed by atoms with Gasteiger partial charge in [0.05, 0.1) is 10.5 Å². The third-order valence-corrected chi connectivity index (χ3v) is 4.16. The average Bonchev–Trinajstić information content (AvgIpc) is 2.93. The van der Waals surface area contributed by atoms with Crippen LogP contribution in [-0.2, 0) is 9.53 Å². The molecule has 1 aromatic carbocycles. The van der Waals surface area contributed by atoms with E-state index in [2.05, 4.69) is 17.1 Å². The molecule has 0 unspecified atom stereocenters. The number of nitrogens with zero attached hydrogens (tertiary/aromatic N) is 1. The van der Waals surface area contributed by atoms with E-state index in [1.54, 1.807) is 7.11 Å². The Kier molecular flexibility index (Phi) is 3.99. The molecule has 110 valence electrons. The molecule has 0 fully saturated rings. The Hall–Kier alpha value is -1.78. The maximum Gasteiger partial charge on any atom is 0.248 e. The summed E-state index contributed by atoms with van der Waals surface area (Å²) in [5, 5.41) is 1.86. The Morgan fingerprint density at radius 3 is 3.05 bits per heavy atom. The third kappa shape index (κ3) is 2.69. The second kappa shape index (κ2) is 5.92. The van der Waals surface area contributed by atoms with Crippen LogP contribution in [0.15, 0.2) is 30.5 Å². The van der Waals surface area contributed by atoms with E-state index in [0.717, 1.165) is 28.9 Å². The minimum Gasteiger partial charge on any atom is -0.375 e. The molecule has 0 aliphatic carbocycles. The number of fused-ring (bicyclic) bond motifs is 1. The van der Waals surface area contributed by atoms with Crippen molar-refractivity contribution in [2.24, 2.45) is 0 Å². The van der Waals surface area contributed by atoms with Gasteiger partial charge in [-0.2, -0.15) is 0 Å². The number of rotatable bonds is 3. The Balaban J connectivity index is 1.85. The van der Waals surface area contributed by atoms with Crippen LogP contribution in [-0.4, -0.2) is 42.6 Å². The van der Waals surface area contributed by atoms with Gasteiger partial charge in [0.15, 0.2) is 0 Å². The lowest BCUT2D eigenvalue weighted by molar-refractivity contribution is -0.134. The number of carbonyl (C=O) groups excluding carboxylic acids is 1. The highest BCUT2D eigenvalue weighted by atomic mass is 35.5. The summed E-state index contributed by atoms with van der Waals surface area (Å²) in [5.41, 5.74) is 3.39. The Morgan fingerprint density at radius 2 is 2.33 bits per heavy atom. The Labute approximate surface area is 128 Å². The molecule has 1 N–H and O–H groups in total. The number of aromatic nitrogens is 1. The summed E-state index contributed by atoms with van der Waals surface area (Å²) < 4.78 is 4.90. The summed E-state index contributed by atoms with van der Waals surface area (Å²) >= 11 is 6.19. The van der Waals surface area contributed by atoms with Crippen molar-refractivity contribution in [3.8, 4) is 0 Å². The van der Waals surface area contributed by atoms with Crippen LogP contribution in [0.5, 0.6) is 0 Å². The maximum absolute atomic E-state index is 11.8. The van der Waals surface area contributed by atoms with Crippen LogP contribution in [0.2, 0.25) is 5.02 Å². The molecule has 1 aliphatic heterocycles. The highest BCUT2D eigenvalue weighted by molar-refractivity contribution is 6.35. The van der Waals surface area contributed by atoms with Crippen molar-refractivity contribution in [3.05, 3.63) is 41.1 Å². The van der Waals surface area contributed by atoms with Gasteiger partial charge in [-0.05, 0) is 18.1 Å². The molecule has 3 rings (SSSR count). The lowest BCUT2D eigenvalue weighted by Gasteiger charge is -2.26. The van der Waals surface area contributed by atoms with Crippen LogP contribution in [0, 0.1) is 0 Å². The summed E-state index contributed by atoms with van der Waals surface area (Å²) in [6.45, 7) is 1.50. The van der Waals surface area contributed by atoms with Crippen LogP contribution in [0.4, 0.5) is 0 Å². The molecule has 0 saturated carbocycles. The first kappa shape index (κ1) is 14.2. The highest BCUT2D eigenvalue weighted by Crippen LogP contribution is 2.32. The van der Waals surface area contributed by atoms with E-state index in [1.807, 2.05) is 23.2 Å². The molecule has 2 heterocycles. The predicted octanol–water partition coefficient (Wildman–Crippen LogP) is 3.08. The van der Waals surface area contributed by atoms with Gasteiger partial charge < -0.3 is 14.6 Å². The summed E-state index contributed by atoms with van der Waals surface area (Å²) in [4.78, 5) is 16.8. The minimum atomic E-state index is 0.0368. The second-order valence-electron chi connectivity index (χ2n) is 5.12. The number of carbonyl (C=O) groups is 1. The van der Waals surface area contributed by atoms with Gasteiger partial charge in [0.2, 0.25) is 5.91 Å². The van der Waals surface area contributed by atoms with Crippen LogP contribution >= 0.6 is 11.6 Å². The number of nitrogens with one attached hydrogen (secondary N) is 1. The number of para-hydroxylation sites is 1. The van der Waals surface area contributed by atoms with E-state index >= 15 is 0 Å². The standard InChI is InChI=1S/C16H17ClN2O2/c1-21-10-15(20)19-7-5-11(6-8-19)13-9-18-16-12(13)3-2-4-14(16)17/h2-5,9,18H,6-8,10H2,1H3. The number of hydrogen-bond acceptors (Lipinski definition) is 2. The molecule has 21 heavy (non-hydrogen) atoms. The Bertz CT molecular complexity index is 705. The summed E-state index contributed by atoms with van der Waals surface area (Å²) in [7, 11) is 1.54. The van der Waals surface area contributed by atoms with Crippen molar-refractivity contribution in [2.75, 3.05) is 26.8 Å². The molecule has 5 heteroatoms. The van der Waals surface area contributed by atoms with Crippen LogP contribution < -0.4 is 0 Å². The van der Waals surface area contributed by atoms with Gasteiger partial charge >= 0.3 is 0 Å². The van der Waals surface area contributed by atoms with Crippen molar-refractivity contribution in [1.82, 2.24) is 9.88 Å². The molecule has 1 aliphatic rings. The number of aromatic amines is 1. The number of H-pyrrole nitrogens is 1. The molecule has 0 atom stereocenters. The van der Waals surface area contributed by atoms with Gasteiger partial charge in [0, 0.05) is 37.3 Å². The van der Waals surface area contributed by atoms with Gasteiger partial charge in [0.1, 0.15) is 6.61 Å². The van der Waals surface area contributed by atoms with Crippen molar-refractivity contribution < 1.29 is 9.53 Å². The fourth-order valence-electron chi connectivity index (χ4n) is 2.74. The van der Waals surface area contributed by atoms with Gasteiger partial charge in [-0.15, -0.1) is 0 Å². The van der Waals surface area contributed by atoms with Gasteiger partial charge in [-0.3, -0.25) is 4.79 Å². The van der Waals surface area contributed by atoms with Gasteiger partial charge in [-0.1, -0.05) is 29.8 Å². The predicted molar refractivity (Wildman–Crippen MR) is 84.4 cm³/mol. The van der Waals surface area contributed by atoms with E-state index in [1.165, 1.54) is 11.1 Å². The fraction of sp³-hybridized carbons (Fsp3) is 0.312. The number of methoxy groups -OCH3 is 1. The number of benzene rings is 1. The third-order valence-electron chi connectivity index (χ3n) is 3.84. The number of ether oxygens (including phenoxy) is 1. The van der Waals surface area contributed by atoms with Crippen LogP contribution in [0.3, 0.4) is 0 Å². The molecular formula is C16H17ClN2O2. The molecule has 0 bridgehead atoms. The minimum absolute atomic E-state index is 0.0368. The first-order valence-corrected chi connectivity index (χ1v) is 7.30. The lowest BCUT2D eigenvalue weighted by Crippen LogP contribution is -2.36. The molecule has 4 nitrogen and oxygen atoms in total. The van der Waals surface area contributed by atoms with Crippen molar-refractivity contribution in [2.45, 2.75) is 6.42 Å². The van der Waals surface area contributed by atoms with E-state index < -0.39 is 0 Å². The SMILES string of the molecule is COCC(=O)N1CC=C(c2c[nH]c3c(Cl)cccc23)CC1. The quantitative estimate of drug-likeness (QED) is 0.947. The maximum atomic E-state index is 11.8. The largest absolute Gasteiger partial charge is 0.375 e. The summed E-state index contributed by atoms with van der Waals surface area (Å²) in [5.74, 6) is 0.0368. The normalized spacial score (nSPS) is 15.3. The zero-order valence-electron chi connectivity index (χ0n) is 11.9. The molecule has 1 amide bonds. The lowest BCUT2D eigenvalue weighted by atomic mass is 9.99. The topological polar surface area (TPSA) is 45.3 Å². The first-order valence-electron chi connectivity index (χ1n) is 6.92. The van der Waals surface area contributed by atoms with Crippen molar-refractivity contribution in [3.63, 3.8) is 0 Å². The zero-order chi connectivity index (χ0) is 14.8. The molecule has 0 saturated heterocycles. The number of hydrogen-bond donors (Lipinski definition) is 1. The Morgan fingerprint density at radius 1 is 1.48 bits per heavy atom.